The number of ether oxygens (including phenoxy) is 1. The third kappa shape index (κ3) is 2.42. The summed E-state index contributed by atoms with van der Waals surface area (Å²) in [5.74, 6) is 1.57. The van der Waals surface area contributed by atoms with Crippen molar-refractivity contribution in [1.29, 1.82) is 0 Å². The van der Waals surface area contributed by atoms with E-state index in [0.29, 0.717) is 5.92 Å². The van der Waals surface area contributed by atoms with Gasteiger partial charge in [-0.2, -0.15) is 0 Å². The van der Waals surface area contributed by atoms with Crippen LogP contribution < -0.4 is 4.74 Å². The Morgan fingerprint density at radius 1 is 0.955 bits per heavy atom. The maximum Gasteiger partial charge on any atom is 0.126 e. The van der Waals surface area contributed by atoms with Gasteiger partial charge in [-0.1, -0.05) is 42.5 Å². The number of para-hydroxylation sites is 1. The van der Waals surface area contributed by atoms with E-state index in [-0.39, 0.29) is 0 Å². The molecule has 0 fully saturated rings. The van der Waals surface area contributed by atoms with Crippen LogP contribution in [-0.4, -0.2) is 31.6 Å². The highest BCUT2D eigenvalue weighted by molar-refractivity contribution is 5.50. The number of fused-ring (bicyclic) bond motifs is 2. The van der Waals surface area contributed by atoms with Crippen LogP contribution in [0.4, 0.5) is 0 Å². The molecule has 4 rings (SSSR count). The Hall–Kier alpha value is -1.80. The van der Waals surface area contributed by atoms with Gasteiger partial charge in [0.15, 0.2) is 0 Å². The molecule has 2 heteroatoms. The zero-order valence-corrected chi connectivity index (χ0v) is 13.2. The van der Waals surface area contributed by atoms with E-state index >= 15 is 0 Å². The largest absolute Gasteiger partial charge is 0.493 e. The fourth-order valence-electron chi connectivity index (χ4n) is 3.87. The maximum absolute atomic E-state index is 6.08. The average molecular weight is 293 g/mol. The third-order valence-corrected chi connectivity index (χ3v) is 5.03. The van der Waals surface area contributed by atoms with Gasteiger partial charge in [-0.3, -0.25) is 0 Å². The highest BCUT2D eigenvalue weighted by Gasteiger charge is 2.27. The first-order chi connectivity index (χ1) is 10.8. The van der Waals surface area contributed by atoms with E-state index in [1.807, 2.05) is 0 Å². The monoisotopic (exact) mass is 293 g/mol. The van der Waals surface area contributed by atoms with Gasteiger partial charge in [-0.15, -0.1) is 0 Å². The van der Waals surface area contributed by atoms with Crippen LogP contribution in [0.5, 0.6) is 5.75 Å². The lowest BCUT2D eigenvalue weighted by Crippen LogP contribution is -2.25. The van der Waals surface area contributed by atoms with E-state index in [1.165, 1.54) is 22.3 Å². The van der Waals surface area contributed by atoms with Crippen LogP contribution in [0, 0.1) is 0 Å². The molecule has 0 amide bonds. The van der Waals surface area contributed by atoms with Crippen molar-refractivity contribution in [2.24, 2.45) is 0 Å². The Bertz CT molecular complexity index is 679. The molecule has 0 spiro atoms. The van der Waals surface area contributed by atoms with Crippen LogP contribution in [0.1, 0.15) is 34.6 Å². The van der Waals surface area contributed by atoms with Crippen LogP contribution in [0.3, 0.4) is 0 Å². The number of nitrogens with zero attached hydrogens (tertiary/aromatic N) is 1. The molecule has 2 heterocycles. The van der Waals surface area contributed by atoms with Crippen molar-refractivity contribution < 1.29 is 4.74 Å². The summed E-state index contributed by atoms with van der Waals surface area (Å²) < 4.78 is 6.08. The van der Waals surface area contributed by atoms with Crippen LogP contribution in [-0.2, 0) is 12.8 Å². The lowest BCUT2D eigenvalue weighted by molar-refractivity contribution is 0.280. The van der Waals surface area contributed by atoms with Gasteiger partial charge in [0.05, 0.1) is 6.61 Å². The molecule has 1 atom stereocenters. The van der Waals surface area contributed by atoms with Gasteiger partial charge >= 0.3 is 0 Å². The fourth-order valence-corrected chi connectivity index (χ4v) is 3.87. The predicted molar refractivity (Wildman–Crippen MR) is 89.7 cm³/mol. The number of benzene rings is 2. The van der Waals surface area contributed by atoms with E-state index in [1.54, 1.807) is 0 Å². The topological polar surface area (TPSA) is 12.5 Å². The third-order valence-electron chi connectivity index (χ3n) is 5.03. The van der Waals surface area contributed by atoms with Gasteiger partial charge < -0.3 is 9.64 Å². The van der Waals surface area contributed by atoms with Crippen LogP contribution >= 0.6 is 0 Å². The van der Waals surface area contributed by atoms with Crippen molar-refractivity contribution in [1.82, 2.24) is 4.90 Å². The molecular weight excluding hydrogens is 270 g/mol. The molecule has 114 valence electrons. The summed E-state index contributed by atoms with van der Waals surface area (Å²) in [7, 11) is 2.23. The van der Waals surface area contributed by atoms with E-state index in [9.17, 15) is 0 Å². The van der Waals surface area contributed by atoms with E-state index < -0.39 is 0 Å². The Morgan fingerprint density at radius 3 is 2.73 bits per heavy atom. The minimum atomic E-state index is 0.414. The summed E-state index contributed by atoms with van der Waals surface area (Å²) >= 11 is 0. The molecule has 0 N–H and O–H groups in total. The summed E-state index contributed by atoms with van der Waals surface area (Å²) in [6.07, 6.45) is 3.42. The minimum Gasteiger partial charge on any atom is -0.493 e. The normalized spacial score (nSPS) is 21.4. The minimum absolute atomic E-state index is 0.414. The quantitative estimate of drug-likeness (QED) is 0.796. The number of hydrogen-bond donors (Lipinski definition) is 0. The summed E-state index contributed by atoms with van der Waals surface area (Å²) in [6.45, 7) is 3.05. The highest BCUT2D eigenvalue weighted by Crippen LogP contribution is 2.39. The van der Waals surface area contributed by atoms with Gasteiger partial charge in [-0.25, -0.2) is 0 Å². The molecule has 0 saturated heterocycles. The molecule has 2 aliphatic rings. The highest BCUT2D eigenvalue weighted by atomic mass is 16.5. The average Bonchev–Trinajstić information content (AvgIpc) is 2.74. The predicted octanol–water partition coefficient (Wildman–Crippen LogP) is 3.63. The lowest BCUT2D eigenvalue weighted by Gasteiger charge is -2.27. The number of aryl methyl sites for hydroxylation is 1. The Kier molecular flexibility index (Phi) is 3.63. The molecule has 2 nitrogen and oxygen atoms in total. The summed E-state index contributed by atoms with van der Waals surface area (Å²) in [5.41, 5.74) is 5.73. The molecular formula is C20H23NO. The molecule has 0 aliphatic carbocycles. The van der Waals surface area contributed by atoms with Gasteiger partial charge in [0.25, 0.3) is 0 Å². The van der Waals surface area contributed by atoms with Gasteiger partial charge in [0, 0.05) is 24.6 Å². The van der Waals surface area contributed by atoms with E-state index in [2.05, 4.69) is 54.4 Å². The van der Waals surface area contributed by atoms with Crippen LogP contribution in [0.2, 0.25) is 0 Å². The second-order valence-electron chi connectivity index (χ2n) is 6.55. The van der Waals surface area contributed by atoms with Gasteiger partial charge in [0.1, 0.15) is 5.75 Å². The second kappa shape index (κ2) is 5.77. The number of rotatable bonds is 1. The molecule has 0 bridgehead atoms. The molecule has 2 aliphatic heterocycles. The van der Waals surface area contributed by atoms with Crippen LogP contribution in [0.25, 0.3) is 0 Å². The Morgan fingerprint density at radius 2 is 1.77 bits per heavy atom. The first-order valence-electron chi connectivity index (χ1n) is 8.34. The number of likely N-dealkylation sites (N-methyl/N-ethyl adjacent to an activating group) is 1. The molecule has 22 heavy (non-hydrogen) atoms. The van der Waals surface area contributed by atoms with Crippen LogP contribution in [0.15, 0.2) is 42.5 Å². The van der Waals surface area contributed by atoms with Crippen molar-refractivity contribution in [3.8, 4) is 5.75 Å². The van der Waals surface area contributed by atoms with Crippen molar-refractivity contribution in [2.45, 2.75) is 25.2 Å². The van der Waals surface area contributed by atoms with Gasteiger partial charge in [-0.05, 0) is 43.0 Å². The van der Waals surface area contributed by atoms with E-state index in [0.717, 1.165) is 44.7 Å². The van der Waals surface area contributed by atoms with Crippen molar-refractivity contribution >= 4 is 0 Å². The first-order valence-corrected chi connectivity index (χ1v) is 8.34. The van der Waals surface area contributed by atoms with E-state index in [4.69, 9.17) is 4.74 Å². The molecule has 0 aromatic heterocycles. The molecule has 0 saturated carbocycles. The van der Waals surface area contributed by atoms with Crippen molar-refractivity contribution in [2.75, 3.05) is 26.7 Å². The lowest BCUT2D eigenvalue weighted by atomic mass is 9.86. The maximum atomic E-state index is 6.08. The molecule has 2 aromatic carbocycles. The van der Waals surface area contributed by atoms with Crippen molar-refractivity contribution in [3.05, 3.63) is 64.7 Å². The Balaban J connectivity index is 1.84. The fraction of sp³-hybridized carbons (Fsp3) is 0.400. The summed E-state index contributed by atoms with van der Waals surface area (Å²) in [5, 5.41) is 0. The van der Waals surface area contributed by atoms with Crippen molar-refractivity contribution in [3.63, 3.8) is 0 Å². The summed E-state index contributed by atoms with van der Waals surface area (Å²) in [6, 6.07) is 15.6. The standard InChI is InChI=1S/C20H23NO/c1-21-12-11-15-6-2-3-9-17(15)19(14-21)18-10-4-7-16-8-5-13-22-20(16)18/h2-4,6-7,9-10,19H,5,8,11-14H2,1H3. The zero-order valence-electron chi connectivity index (χ0n) is 13.2. The summed E-state index contributed by atoms with van der Waals surface area (Å²) in [4.78, 5) is 2.45. The zero-order chi connectivity index (χ0) is 14.9. The molecule has 0 radical (unpaired) electrons. The SMILES string of the molecule is CN1CCc2ccccc2C(c2cccc3c2OCCC3)C1. The molecule has 2 aromatic rings. The second-order valence-corrected chi connectivity index (χ2v) is 6.55. The van der Waals surface area contributed by atoms with Gasteiger partial charge in [0.2, 0.25) is 0 Å². The smallest absolute Gasteiger partial charge is 0.126 e. The Labute approximate surface area is 132 Å². The number of hydrogen-bond acceptors (Lipinski definition) is 2. The molecule has 1 unspecified atom stereocenters. The first kappa shape index (κ1) is 13.8.